The van der Waals surface area contributed by atoms with Crippen LogP contribution in [0, 0.1) is 30.6 Å². The third-order valence-corrected chi connectivity index (χ3v) is 11.8. The summed E-state index contributed by atoms with van der Waals surface area (Å²) in [6.07, 6.45) is 7.61. The van der Waals surface area contributed by atoms with Crippen molar-refractivity contribution in [2.75, 3.05) is 19.7 Å². The standard InChI is InChI=1S/C36H48N6O5S2/c1-21(2)14-26-17-36(26)23(4)32(44)37-18-25-15-28(8-7-22(25)3)47-12-9-24-6-5-10-41(19-24)34(46)31(48)30(33(45)40-36)39-29(43)16-27-20-42-11-13-49-35(42)38-27/h7-8,11,13,15,20-21,23-24,26,30-31,48H,5-6,9-10,12,14,16-19H2,1-4H3,(H,37,44)(H,39,43)(H,40,45)/t23?,24?,26?,30-,31?,36?/m0/s1. The number of piperidine rings is 1. The Bertz CT molecular complexity index is 1680. The van der Waals surface area contributed by atoms with Crippen molar-refractivity contribution in [2.24, 2.45) is 23.7 Å². The maximum absolute atomic E-state index is 14.4. The minimum Gasteiger partial charge on any atom is -0.494 e. The normalized spacial score (nSPS) is 28.3. The number of nitrogens with one attached hydrogen (secondary N) is 3. The molecule has 2 aliphatic heterocycles. The molecule has 6 rings (SSSR count). The van der Waals surface area contributed by atoms with E-state index in [0.29, 0.717) is 44.3 Å². The number of amides is 4. The molecule has 1 saturated heterocycles. The van der Waals surface area contributed by atoms with Crippen LogP contribution in [0.25, 0.3) is 4.96 Å². The van der Waals surface area contributed by atoms with E-state index in [1.54, 1.807) is 11.1 Å². The van der Waals surface area contributed by atoms with Crippen LogP contribution < -0.4 is 20.7 Å². The van der Waals surface area contributed by atoms with E-state index in [1.165, 1.54) is 11.3 Å². The number of hydrogen-bond acceptors (Lipinski definition) is 8. The molecule has 13 heteroatoms. The lowest BCUT2D eigenvalue weighted by Crippen LogP contribution is -2.60. The summed E-state index contributed by atoms with van der Waals surface area (Å²) in [4.78, 5) is 62.7. The maximum atomic E-state index is 14.4. The summed E-state index contributed by atoms with van der Waals surface area (Å²) in [6, 6.07) is 4.67. The van der Waals surface area contributed by atoms with Crippen LogP contribution in [-0.4, -0.2) is 74.4 Å². The van der Waals surface area contributed by atoms with Gasteiger partial charge in [0.05, 0.1) is 30.2 Å². The summed E-state index contributed by atoms with van der Waals surface area (Å²) in [5, 5.41) is 9.95. The molecule has 4 amide bonds. The van der Waals surface area contributed by atoms with Gasteiger partial charge in [-0.15, -0.1) is 11.3 Å². The van der Waals surface area contributed by atoms with Gasteiger partial charge in [-0.2, -0.15) is 12.6 Å². The molecule has 0 radical (unpaired) electrons. The van der Waals surface area contributed by atoms with E-state index >= 15 is 0 Å². The van der Waals surface area contributed by atoms with Gasteiger partial charge in [-0.25, -0.2) is 4.98 Å². The van der Waals surface area contributed by atoms with Gasteiger partial charge in [0.1, 0.15) is 17.0 Å². The molecule has 4 bridgehead atoms. The van der Waals surface area contributed by atoms with Crippen molar-refractivity contribution >= 4 is 52.6 Å². The predicted molar refractivity (Wildman–Crippen MR) is 192 cm³/mol. The maximum Gasteiger partial charge on any atom is 0.244 e. The predicted octanol–water partition coefficient (Wildman–Crippen LogP) is 3.92. The molecule has 49 heavy (non-hydrogen) atoms. The van der Waals surface area contributed by atoms with Crippen molar-refractivity contribution in [1.82, 2.24) is 30.2 Å². The van der Waals surface area contributed by atoms with E-state index in [1.807, 2.05) is 48.0 Å². The first-order valence-electron chi connectivity index (χ1n) is 17.4. The van der Waals surface area contributed by atoms with E-state index < -0.39 is 34.6 Å². The van der Waals surface area contributed by atoms with Crippen LogP contribution in [0.15, 0.2) is 36.0 Å². The Morgan fingerprint density at radius 1 is 1.22 bits per heavy atom. The van der Waals surface area contributed by atoms with E-state index in [4.69, 9.17) is 17.4 Å². The van der Waals surface area contributed by atoms with Crippen LogP contribution in [0.5, 0.6) is 5.75 Å². The topological polar surface area (TPSA) is 134 Å². The molecule has 4 heterocycles. The molecule has 2 fully saturated rings. The smallest absolute Gasteiger partial charge is 0.244 e. The molecule has 1 aromatic carbocycles. The second kappa shape index (κ2) is 14.7. The molecular formula is C36H48N6O5S2. The van der Waals surface area contributed by atoms with Crippen molar-refractivity contribution in [1.29, 1.82) is 0 Å². The molecule has 1 spiro atoms. The molecule has 1 saturated carbocycles. The Balaban J connectivity index is 1.29. The van der Waals surface area contributed by atoms with Crippen LogP contribution >= 0.6 is 24.0 Å². The van der Waals surface area contributed by atoms with Crippen LogP contribution in [0.2, 0.25) is 0 Å². The number of benzene rings is 1. The van der Waals surface area contributed by atoms with Crippen LogP contribution in [0.4, 0.5) is 0 Å². The molecule has 5 unspecified atom stereocenters. The largest absolute Gasteiger partial charge is 0.494 e. The van der Waals surface area contributed by atoms with Crippen LogP contribution in [-0.2, 0) is 32.1 Å². The highest BCUT2D eigenvalue weighted by molar-refractivity contribution is 7.82. The lowest BCUT2D eigenvalue weighted by atomic mass is 9.91. The Hall–Kier alpha value is -3.58. The lowest BCUT2D eigenvalue weighted by molar-refractivity contribution is -0.137. The zero-order valence-electron chi connectivity index (χ0n) is 28.7. The fourth-order valence-electron chi connectivity index (χ4n) is 7.52. The summed E-state index contributed by atoms with van der Waals surface area (Å²) in [7, 11) is 0. The number of hydrogen-bond donors (Lipinski definition) is 4. The summed E-state index contributed by atoms with van der Waals surface area (Å²) in [5.41, 5.74) is 1.76. The molecule has 11 nitrogen and oxygen atoms in total. The highest BCUT2D eigenvalue weighted by Crippen LogP contribution is 2.52. The zero-order valence-corrected chi connectivity index (χ0v) is 30.4. The minimum atomic E-state index is -1.26. The Kier molecular flexibility index (Phi) is 10.6. The van der Waals surface area contributed by atoms with Crippen molar-refractivity contribution < 1.29 is 23.9 Å². The number of carbonyl (C=O) groups is 4. The molecule has 2 aromatic heterocycles. The lowest BCUT2D eigenvalue weighted by Gasteiger charge is -2.36. The number of fused-ring (bicyclic) bond motifs is 5. The van der Waals surface area contributed by atoms with Gasteiger partial charge in [0.15, 0.2) is 4.96 Å². The molecule has 1 aliphatic carbocycles. The van der Waals surface area contributed by atoms with Gasteiger partial charge in [0, 0.05) is 37.4 Å². The molecule has 3 N–H and O–H groups in total. The summed E-state index contributed by atoms with van der Waals surface area (Å²) in [5.74, 6) is -0.583. The number of rotatable bonds is 5. The van der Waals surface area contributed by atoms with E-state index in [2.05, 4.69) is 34.8 Å². The fraction of sp³-hybridized carbons (Fsp3) is 0.583. The minimum absolute atomic E-state index is 0.0568. The van der Waals surface area contributed by atoms with Gasteiger partial charge < -0.3 is 25.6 Å². The van der Waals surface area contributed by atoms with Gasteiger partial charge in [0.2, 0.25) is 23.6 Å². The SMILES string of the molecule is Cc1ccc2cc1CNC(=O)C(C)C1(CC1CC(C)C)NC(=O)[C@@H](NC(=O)Cc1cn3ccsc3n1)C(S)C(=O)N1CCCC(CCO2)C1. The fourth-order valence-corrected chi connectivity index (χ4v) is 8.61. The summed E-state index contributed by atoms with van der Waals surface area (Å²) < 4.78 is 7.99. The van der Waals surface area contributed by atoms with Crippen LogP contribution in [0.1, 0.15) is 69.7 Å². The number of aryl methyl sites for hydroxylation is 1. The number of thiazole rings is 1. The van der Waals surface area contributed by atoms with Crippen LogP contribution in [0.3, 0.4) is 0 Å². The number of thiol groups is 1. The first-order chi connectivity index (χ1) is 23.4. The molecule has 3 aromatic rings. The second-order valence-electron chi connectivity index (χ2n) is 14.5. The van der Waals surface area contributed by atoms with Crippen molar-refractivity contribution in [2.45, 2.75) is 89.6 Å². The third-order valence-electron chi connectivity index (χ3n) is 10.5. The summed E-state index contributed by atoms with van der Waals surface area (Å²) in [6.45, 7) is 10.0. The monoisotopic (exact) mass is 708 g/mol. The molecule has 264 valence electrons. The van der Waals surface area contributed by atoms with Gasteiger partial charge in [-0.05, 0) is 80.0 Å². The Morgan fingerprint density at radius 2 is 2.04 bits per heavy atom. The highest BCUT2D eigenvalue weighted by Gasteiger charge is 2.60. The average Bonchev–Trinajstić information content (AvgIpc) is 3.34. The first-order valence-corrected chi connectivity index (χ1v) is 18.8. The number of nitrogens with zero attached hydrogens (tertiary/aromatic N) is 3. The third kappa shape index (κ3) is 7.93. The Labute approximate surface area is 297 Å². The van der Waals surface area contributed by atoms with Gasteiger partial charge in [-0.3, -0.25) is 23.6 Å². The average molecular weight is 709 g/mol. The van der Waals surface area contributed by atoms with Crippen molar-refractivity contribution in [3.63, 3.8) is 0 Å². The number of carbonyl (C=O) groups excluding carboxylic acids is 4. The molecule has 3 aliphatic rings. The van der Waals surface area contributed by atoms with E-state index in [9.17, 15) is 19.2 Å². The van der Waals surface area contributed by atoms with E-state index in [0.717, 1.165) is 47.5 Å². The van der Waals surface area contributed by atoms with Crippen molar-refractivity contribution in [3.8, 4) is 5.75 Å². The number of ether oxygens (including phenoxy) is 1. The number of imidazole rings is 1. The van der Waals surface area contributed by atoms with Gasteiger partial charge in [-0.1, -0.05) is 26.8 Å². The van der Waals surface area contributed by atoms with Gasteiger partial charge in [0.25, 0.3) is 0 Å². The van der Waals surface area contributed by atoms with Crippen molar-refractivity contribution in [3.05, 3.63) is 52.8 Å². The molecular weight excluding hydrogens is 661 g/mol. The van der Waals surface area contributed by atoms with Gasteiger partial charge >= 0.3 is 0 Å². The molecule has 6 atom stereocenters. The highest BCUT2D eigenvalue weighted by atomic mass is 32.1. The van der Waals surface area contributed by atoms with E-state index in [-0.39, 0.29) is 30.1 Å². The quantitative estimate of drug-likeness (QED) is 0.297. The Morgan fingerprint density at radius 3 is 2.82 bits per heavy atom. The second-order valence-corrected chi connectivity index (χ2v) is 15.9. The number of aromatic nitrogens is 2. The summed E-state index contributed by atoms with van der Waals surface area (Å²) >= 11 is 6.20. The first kappa shape index (κ1) is 35.3. The zero-order chi connectivity index (χ0) is 34.9.